The summed E-state index contributed by atoms with van der Waals surface area (Å²) in [5, 5.41) is 4.24. The minimum atomic E-state index is -3.78. The highest BCUT2D eigenvalue weighted by Crippen LogP contribution is 2.17. The molecule has 0 bridgehead atoms. The molecule has 1 aliphatic rings. The number of rotatable bonds is 6. The third kappa shape index (κ3) is 4.56. The quantitative estimate of drug-likeness (QED) is 0.703. The molecule has 1 saturated heterocycles. The summed E-state index contributed by atoms with van der Waals surface area (Å²) in [5.74, 6) is -0.137. The van der Waals surface area contributed by atoms with E-state index in [2.05, 4.69) is 16.8 Å². The predicted octanol–water partition coefficient (Wildman–Crippen LogP) is 0.471. The fraction of sp³-hybridized carbons (Fsp3) is 0.389. The van der Waals surface area contributed by atoms with Crippen LogP contribution in [0.4, 0.5) is 0 Å². The first-order valence-corrected chi connectivity index (χ1v) is 11.1. The molecule has 1 aliphatic heterocycles. The van der Waals surface area contributed by atoms with Gasteiger partial charge < -0.3 is 9.80 Å². The standard InChI is InChI=1S/C18H23N3O4S2/c1-19(25-2)27(23,24)17-5-3-4-16(12-17)18(22)21-9-7-20(8-10-21)13-15-6-11-26-14-15/h3-6,11-12,14H,7-10,13H2,1-2H3/p+1. The van der Waals surface area contributed by atoms with Crippen molar-refractivity contribution in [3.8, 4) is 0 Å². The van der Waals surface area contributed by atoms with Crippen LogP contribution in [0.1, 0.15) is 15.9 Å². The van der Waals surface area contributed by atoms with Crippen molar-refractivity contribution in [3.63, 3.8) is 0 Å². The SMILES string of the molecule is CON(C)S(=O)(=O)c1cccc(C(=O)N2CC[NH+](Cc3ccsc3)CC2)c1. The zero-order valence-electron chi connectivity index (χ0n) is 15.4. The second-order valence-electron chi connectivity index (χ2n) is 6.48. The van der Waals surface area contributed by atoms with Gasteiger partial charge in [-0.15, -0.1) is 0 Å². The molecule has 1 fully saturated rings. The molecular weight excluding hydrogens is 386 g/mol. The topological polar surface area (TPSA) is 71.4 Å². The third-order valence-electron chi connectivity index (χ3n) is 4.77. The van der Waals surface area contributed by atoms with E-state index in [9.17, 15) is 13.2 Å². The Kier molecular flexibility index (Phi) is 6.28. The van der Waals surface area contributed by atoms with Gasteiger partial charge in [0.15, 0.2) is 0 Å². The van der Waals surface area contributed by atoms with Gasteiger partial charge in [0, 0.05) is 18.2 Å². The Balaban J connectivity index is 1.66. The van der Waals surface area contributed by atoms with Crippen LogP contribution in [0.3, 0.4) is 0 Å². The molecular formula is C18H24N3O4S2+. The molecule has 7 nitrogen and oxygen atoms in total. The number of sulfonamides is 1. The van der Waals surface area contributed by atoms with E-state index in [0.717, 1.165) is 24.1 Å². The molecule has 9 heteroatoms. The molecule has 146 valence electrons. The molecule has 2 aromatic rings. The normalized spacial score (nSPS) is 16.0. The summed E-state index contributed by atoms with van der Waals surface area (Å²) in [4.78, 5) is 20.9. The van der Waals surface area contributed by atoms with E-state index in [4.69, 9.17) is 4.84 Å². The molecule has 1 aromatic carbocycles. The molecule has 0 atom stereocenters. The number of quaternary nitrogens is 1. The first-order chi connectivity index (χ1) is 12.9. The van der Waals surface area contributed by atoms with Crippen molar-refractivity contribution in [1.82, 2.24) is 9.37 Å². The molecule has 0 unspecified atom stereocenters. The van der Waals surface area contributed by atoms with Crippen molar-refractivity contribution in [2.75, 3.05) is 40.3 Å². The number of nitrogens with one attached hydrogen (secondary N) is 1. The van der Waals surface area contributed by atoms with Crippen molar-refractivity contribution in [3.05, 3.63) is 52.2 Å². The molecule has 1 aromatic heterocycles. The van der Waals surface area contributed by atoms with Gasteiger partial charge in [0.05, 0.1) is 38.2 Å². The van der Waals surface area contributed by atoms with E-state index in [1.165, 1.54) is 36.8 Å². The highest BCUT2D eigenvalue weighted by atomic mass is 32.2. The van der Waals surface area contributed by atoms with E-state index in [1.807, 2.05) is 0 Å². The Bertz CT molecular complexity index is 876. The van der Waals surface area contributed by atoms with E-state index < -0.39 is 10.0 Å². The largest absolute Gasteiger partial charge is 0.328 e. The maximum absolute atomic E-state index is 12.8. The molecule has 0 aliphatic carbocycles. The average molecular weight is 411 g/mol. The molecule has 1 amide bonds. The third-order valence-corrected chi connectivity index (χ3v) is 7.17. The summed E-state index contributed by atoms with van der Waals surface area (Å²) in [6.07, 6.45) is 0. The van der Waals surface area contributed by atoms with Crippen molar-refractivity contribution >= 4 is 27.3 Å². The smallest absolute Gasteiger partial charge is 0.264 e. The highest BCUT2D eigenvalue weighted by Gasteiger charge is 2.26. The molecule has 1 N–H and O–H groups in total. The van der Waals surface area contributed by atoms with Crippen molar-refractivity contribution in [2.24, 2.45) is 0 Å². The van der Waals surface area contributed by atoms with Gasteiger partial charge in [-0.25, -0.2) is 8.42 Å². The number of carbonyl (C=O) groups excluding carboxylic acids is 1. The molecule has 3 rings (SSSR count). The van der Waals surface area contributed by atoms with Gasteiger partial charge in [0.2, 0.25) is 0 Å². The Morgan fingerprint density at radius 1 is 1.30 bits per heavy atom. The first kappa shape index (κ1) is 20.0. The second kappa shape index (κ2) is 8.49. The van der Waals surface area contributed by atoms with E-state index >= 15 is 0 Å². The van der Waals surface area contributed by atoms with Crippen molar-refractivity contribution in [2.45, 2.75) is 11.4 Å². The number of hydroxylamine groups is 1. The van der Waals surface area contributed by atoms with Crippen molar-refractivity contribution in [1.29, 1.82) is 0 Å². The monoisotopic (exact) mass is 410 g/mol. The van der Waals surface area contributed by atoms with Gasteiger partial charge in [-0.3, -0.25) is 9.63 Å². The summed E-state index contributed by atoms with van der Waals surface area (Å²) in [6.45, 7) is 4.06. The van der Waals surface area contributed by atoms with Gasteiger partial charge in [0.25, 0.3) is 15.9 Å². The van der Waals surface area contributed by atoms with Crippen LogP contribution >= 0.6 is 11.3 Å². The Morgan fingerprint density at radius 2 is 2.04 bits per heavy atom. The predicted molar refractivity (Wildman–Crippen MR) is 103 cm³/mol. The Labute approximate surface area is 163 Å². The maximum Gasteiger partial charge on any atom is 0.264 e. The average Bonchev–Trinajstić information content (AvgIpc) is 3.20. The van der Waals surface area contributed by atoms with Gasteiger partial charge in [-0.2, -0.15) is 11.3 Å². The van der Waals surface area contributed by atoms with Gasteiger partial charge in [-0.1, -0.05) is 10.5 Å². The van der Waals surface area contributed by atoms with Crippen LogP contribution in [0.25, 0.3) is 0 Å². The van der Waals surface area contributed by atoms with Crippen LogP contribution in [0.2, 0.25) is 0 Å². The fourth-order valence-corrected chi connectivity index (χ4v) is 4.79. The summed E-state index contributed by atoms with van der Waals surface area (Å²) < 4.78 is 25.5. The number of thiophene rings is 1. The zero-order chi connectivity index (χ0) is 19.4. The molecule has 2 heterocycles. The zero-order valence-corrected chi connectivity index (χ0v) is 17.1. The second-order valence-corrected chi connectivity index (χ2v) is 9.19. The van der Waals surface area contributed by atoms with Gasteiger partial charge in [-0.05, 0) is 35.0 Å². The minimum Gasteiger partial charge on any atom is -0.328 e. The Hall–Kier alpha value is -1.78. The van der Waals surface area contributed by atoms with E-state index in [1.54, 1.807) is 28.4 Å². The fourth-order valence-electron chi connectivity index (χ4n) is 3.10. The number of benzene rings is 1. The Morgan fingerprint density at radius 3 is 2.67 bits per heavy atom. The van der Waals surface area contributed by atoms with Crippen LogP contribution in [0.5, 0.6) is 0 Å². The lowest BCUT2D eigenvalue weighted by Crippen LogP contribution is -3.13. The number of nitrogens with zero attached hydrogens (tertiary/aromatic N) is 2. The maximum atomic E-state index is 12.8. The summed E-state index contributed by atoms with van der Waals surface area (Å²) in [5.41, 5.74) is 1.71. The summed E-state index contributed by atoms with van der Waals surface area (Å²) in [6, 6.07) is 8.25. The molecule has 27 heavy (non-hydrogen) atoms. The number of amides is 1. The van der Waals surface area contributed by atoms with Crippen molar-refractivity contribution < 1.29 is 22.9 Å². The first-order valence-electron chi connectivity index (χ1n) is 8.69. The summed E-state index contributed by atoms with van der Waals surface area (Å²) >= 11 is 1.70. The number of piperazine rings is 1. The molecule has 0 spiro atoms. The number of carbonyl (C=O) groups is 1. The highest BCUT2D eigenvalue weighted by molar-refractivity contribution is 7.89. The molecule has 0 radical (unpaired) electrons. The minimum absolute atomic E-state index is 0.0411. The molecule has 0 saturated carbocycles. The van der Waals surface area contributed by atoms with Gasteiger partial charge >= 0.3 is 0 Å². The van der Waals surface area contributed by atoms with E-state index in [0.29, 0.717) is 18.7 Å². The van der Waals surface area contributed by atoms with Crippen LogP contribution in [0, 0.1) is 0 Å². The van der Waals surface area contributed by atoms with Crippen LogP contribution in [0.15, 0.2) is 46.0 Å². The lowest BCUT2D eigenvalue weighted by molar-refractivity contribution is -0.917. The van der Waals surface area contributed by atoms with Crippen LogP contribution in [-0.4, -0.2) is 64.0 Å². The lowest BCUT2D eigenvalue weighted by Gasteiger charge is -2.32. The number of hydrogen-bond acceptors (Lipinski definition) is 5. The lowest BCUT2D eigenvalue weighted by atomic mass is 10.1. The van der Waals surface area contributed by atoms with Crippen LogP contribution < -0.4 is 4.90 Å². The van der Waals surface area contributed by atoms with Crippen LogP contribution in [-0.2, 0) is 21.4 Å². The number of hydrogen-bond donors (Lipinski definition) is 1. The van der Waals surface area contributed by atoms with Gasteiger partial charge in [0.1, 0.15) is 6.54 Å². The van der Waals surface area contributed by atoms with E-state index in [-0.39, 0.29) is 10.8 Å². The summed E-state index contributed by atoms with van der Waals surface area (Å²) in [7, 11) is -1.18.